The van der Waals surface area contributed by atoms with Gasteiger partial charge in [0, 0.05) is 18.3 Å². The zero-order chi connectivity index (χ0) is 17.0. The van der Waals surface area contributed by atoms with Crippen LogP contribution in [0.25, 0.3) is 0 Å². The summed E-state index contributed by atoms with van der Waals surface area (Å²) in [7, 11) is -2.97. The van der Waals surface area contributed by atoms with E-state index in [0.717, 1.165) is 35.9 Å². The Morgan fingerprint density at radius 2 is 2.17 bits per heavy atom. The Labute approximate surface area is 142 Å². The lowest BCUT2D eigenvalue weighted by Crippen LogP contribution is -2.36. The molecule has 1 aromatic rings. The van der Waals surface area contributed by atoms with E-state index in [1.807, 2.05) is 13.8 Å². The predicted molar refractivity (Wildman–Crippen MR) is 92.5 cm³/mol. The van der Waals surface area contributed by atoms with Crippen LogP contribution in [0, 0.1) is 13.8 Å². The molecule has 0 aliphatic carbocycles. The zero-order valence-electron chi connectivity index (χ0n) is 14.0. The summed E-state index contributed by atoms with van der Waals surface area (Å²) in [6, 6.07) is -0.239. The van der Waals surface area contributed by atoms with Crippen LogP contribution in [0.3, 0.4) is 0 Å². The molecule has 0 aromatic carbocycles. The van der Waals surface area contributed by atoms with Crippen LogP contribution in [0.5, 0.6) is 0 Å². The van der Waals surface area contributed by atoms with E-state index < -0.39 is 9.84 Å². The molecule has 0 saturated carbocycles. The summed E-state index contributed by atoms with van der Waals surface area (Å²) < 4.78 is 25.0. The number of nitrogens with one attached hydrogen (secondary N) is 1. The molecule has 0 spiro atoms. The van der Waals surface area contributed by atoms with Gasteiger partial charge in [-0.3, -0.25) is 4.79 Å². The molecular formula is C15H25N3O3S2. The van der Waals surface area contributed by atoms with Crippen molar-refractivity contribution in [3.63, 3.8) is 0 Å². The van der Waals surface area contributed by atoms with Crippen molar-refractivity contribution in [3.05, 3.63) is 11.4 Å². The van der Waals surface area contributed by atoms with Gasteiger partial charge in [-0.1, -0.05) is 25.1 Å². The fourth-order valence-corrected chi connectivity index (χ4v) is 5.22. The first kappa shape index (κ1) is 18.3. The topological polar surface area (TPSA) is 81.1 Å². The van der Waals surface area contributed by atoms with E-state index in [4.69, 9.17) is 0 Å². The maximum absolute atomic E-state index is 12.0. The van der Waals surface area contributed by atoms with Crippen LogP contribution in [-0.2, 0) is 21.2 Å². The van der Waals surface area contributed by atoms with Gasteiger partial charge in [0.2, 0.25) is 5.91 Å². The van der Waals surface area contributed by atoms with Crippen LogP contribution >= 0.6 is 11.8 Å². The molecule has 1 unspecified atom stereocenters. The molecule has 0 radical (unpaired) electrons. The summed E-state index contributed by atoms with van der Waals surface area (Å²) in [5.41, 5.74) is 2.13. The normalized spacial score (nSPS) is 19.9. The number of carbonyl (C=O) groups excluding carboxylic acids is 1. The van der Waals surface area contributed by atoms with E-state index in [-0.39, 0.29) is 29.2 Å². The minimum absolute atomic E-state index is 0.0623. The molecule has 6 nitrogen and oxygen atoms in total. The number of imidazole rings is 1. The first-order valence-corrected chi connectivity index (χ1v) is 10.8. The standard InChI is InChI=1S/C15H25N3O3S2/c1-4-5-7-18-12(3)11(2)16-15(18)22-9-14(19)17-13-6-8-23(20,21)10-13/h13H,4-10H2,1-3H3,(H,17,19). The van der Waals surface area contributed by atoms with Crippen molar-refractivity contribution in [3.8, 4) is 0 Å². The zero-order valence-corrected chi connectivity index (χ0v) is 15.6. The van der Waals surface area contributed by atoms with Gasteiger partial charge in [0.1, 0.15) is 0 Å². The van der Waals surface area contributed by atoms with Crippen molar-refractivity contribution >= 4 is 27.5 Å². The molecule has 1 aliphatic rings. The van der Waals surface area contributed by atoms with Gasteiger partial charge in [-0.25, -0.2) is 13.4 Å². The maximum atomic E-state index is 12.0. The molecular weight excluding hydrogens is 334 g/mol. The molecule has 23 heavy (non-hydrogen) atoms. The summed E-state index contributed by atoms with van der Waals surface area (Å²) in [4.78, 5) is 16.6. The number of carbonyl (C=O) groups is 1. The number of rotatable bonds is 7. The lowest BCUT2D eigenvalue weighted by Gasteiger charge is -2.11. The Balaban J connectivity index is 1.90. The van der Waals surface area contributed by atoms with Gasteiger partial charge in [-0.05, 0) is 26.7 Å². The molecule has 1 amide bonds. The fourth-order valence-electron chi connectivity index (χ4n) is 2.62. The fraction of sp³-hybridized carbons (Fsp3) is 0.733. The van der Waals surface area contributed by atoms with Gasteiger partial charge in [-0.15, -0.1) is 0 Å². The quantitative estimate of drug-likeness (QED) is 0.750. The monoisotopic (exact) mass is 359 g/mol. The highest BCUT2D eigenvalue weighted by molar-refractivity contribution is 7.99. The molecule has 1 N–H and O–H groups in total. The number of hydrogen-bond acceptors (Lipinski definition) is 5. The van der Waals surface area contributed by atoms with Crippen LogP contribution in [0.2, 0.25) is 0 Å². The summed E-state index contributed by atoms with van der Waals surface area (Å²) in [6.45, 7) is 7.08. The lowest BCUT2D eigenvalue weighted by atomic mass is 10.3. The third-order valence-electron chi connectivity index (χ3n) is 4.09. The molecule has 1 aliphatic heterocycles. The first-order valence-electron chi connectivity index (χ1n) is 7.98. The van der Waals surface area contributed by atoms with E-state index >= 15 is 0 Å². The third-order valence-corrected chi connectivity index (χ3v) is 6.83. The second-order valence-corrected chi connectivity index (χ2v) is 9.20. The summed E-state index contributed by atoms with van der Waals surface area (Å²) in [6.07, 6.45) is 2.70. The minimum atomic E-state index is -2.97. The number of unbranched alkanes of at least 4 members (excludes halogenated alkanes) is 1. The summed E-state index contributed by atoms with van der Waals surface area (Å²) in [5.74, 6) is 0.369. The van der Waals surface area contributed by atoms with Crippen LogP contribution < -0.4 is 5.32 Å². The highest BCUT2D eigenvalue weighted by Crippen LogP contribution is 2.22. The van der Waals surface area contributed by atoms with Gasteiger partial charge in [-0.2, -0.15) is 0 Å². The van der Waals surface area contributed by atoms with E-state index in [1.54, 1.807) is 0 Å². The molecule has 130 valence electrons. The number of thioether (sulfide) groups is 1. The number of nitrogens with zero attached hydrogens (tertiary/aromatic N) is 2. The Kier molecular flexibility index (Phi) is 6.13. The van der Waals surface area contributed by atoms with E-state index in [1.165, 1.54) is 11.8 Å². The number of aromatic nitrogens is 2. The summed E-state index contributed by atoms with van der Waals surface area (Å²) >= 11 is 1.41. The molecule has 2 rings (SSSR count). The van der Waals surface area contributed by atoms with E-state index in [0.29, 0.717) is 6.42 Å². The highest BCUT2D eigenvalue weighted by Gasteiger charge is 2.28. The Bertz CT molecular complexity index is 668. The largest absolute Gasteiger partial charge is 0.352 e. The molecule has 1 atom stereocenters. The van der Waals surface area contributed by atoms with Crippen LogP contribution in [0.15, 0.2) is 5.16 Å². The van der Waals surface area contributed by atoms with Gasteiger partial charge in [0.05, 0.1) is 23.0 Å². The average Bonchev–Trinajstić information content (AvgIpc) is 2.95. The molecule has 1 fully saturated rings. The second kappa shape index (κ2) is 7.70. The van der Waals surface area contributed by atoms with Crippen LogP contribution in [0.1, 0.15) is 37.6 Å². The number of amides is 1. The number of hydrogen-bond donors (Lipinski definition) is 1. The van der Waals surface area contributed by atoms with Crippen molar-refractivity contribution in [2.45, 2.75) is 57.8 Å². The number of aryl methyl sites for hydroxylation is 1. The first-order chi connectivity index (χ1) is 10.8. The van der Waals surface area contributed by atoms with Gasteiger partial charge in [0.25, 0.3) is 0 Å². The van der Waals surface area contributed by atoms with Gasteiger partial charge >= 0.3 is 0 Å². The van der Waals surface area contributed by atoms with E-state index in [9.17, 15) is 13.2 Å². The highest BCUT2D eigenvalue weighted by atomic mass is 32.2. The number of sulfone groups is 1. The van der Waals surface area contributed by atoms with Crippen LogP contribution in [-0.4, -0.2) is 47.2 Å². The Morgan fingerprint density at radius 3 is 2.78 bits per heavy atom. The van der Waals surface area contributed by atoms with Crippen molar-refractivity contribution < 1.29 is 13.2 Å². The molecule has 2 heterocycles. The van der Waals surface area contributed by atoms with Crippen LogP contribution in [0.4, 0.5) is 0 Å². The maximum Gasteiger partial charge on any atom is 0.230 e. The van der Waals surface area contributed by atoms with E-state index in [2.05, 4.69) is 21.8 Å². The van der Waals surface area contributed by atoms with Crippen molar-refractivity contribution in [1.82, 2.24) is 14.9 Å². The molecule has 1 saturated heterocycles. The van der Waals surface area contributed by atoms with Crippen molar-refractivity contribution in [1.29, 1.82) is 0 Å². The SMILES string of the molecule is CCCCn1c(SCC(=O)NC2CCS(=O)(=O)C2)nc(C)c1C. The lowest BCUT2D eigenvalue weighted by molar-refractivity contribution is -0.119. The van der Waals surface area contributed by atoms with Gasteiger partial charge < -0.3 is 9.88 Å². The van der Waals surface area contributed by atoms with Crippen molar-refractivity contribution in [2.24, 2.45) is 0 Å². The molecule has 8 heteroatoms. The minimum Gasteiger partial charge on any atom is -0.352 e. The second-order valence-electron chi connectivity index (χ2n) is 6.03. The Morgan fingerprint density at radius 1 is 1.43 bits per heavy atom. The predicted octanol–water partition coefficient (Wildman–Crippen LogP) is 1.70. The Hall–Kier alpha value is -1.02. The third kappa shape index (κ3) is 4.97. The molecule has 0 bridgehead atoms. The molecule has 1 aromatic heterocycles. The van der Waals surface area contributed by atoms with Crippen molar-refractivity contribution in [2.75, 3.05) is 17.3 Å². The smallest absolute Gasteiger partial charge is 0.230 e. The van der Waals surface area contributed by atoms with Gasteiger partial charge in [0.15, 0.2) is 15.0 Å². The summed E-state index contributed by atoms with van der Waals surface area (Å²) in [5, 5.41) is 3.68. The average molecular weight is 360 g/mol.